The summed E-state index contributed by atoms with van der Waals surface area (Å²) in [6.07, 6.45) is 1.77. The molecule has 0 spiro atoms. The number of hydrogen-bond acceptors (Lipinski definition) is 5. The van der Waals surface area contributed by atoms with Crippen LogP contribution in [0.4, 0.5) is 5.82 Å². The van der Waals surface area contributed by atoms with Crippen molar-refractivity contribution >= 4 is 27.7 Å². The third-order valence-electron chi connectivity index (χ3n) is 3.18. The molecule has 1 amide bonds. The SMILES string of the molecule is CC(C)(C)CN(NC(=O)Cc1ccccc1)c1nc(C#N)ncc1Br. The van der Waals surface area contributed by atoms with Crippen molar-refractivity contribution in [2.24, 2.45) is 5.41 Å². The van der Waals surface area contributed by atoms with Crippen LogP contribution in [0.5, 0.6) is 0 Å². The number of amides is 1. The lowest BCUT2D eigenvalue weighted by Crippen LogP contribution is -2.47. The van der Waals surface area contributed by atoms with E-state index in [0.29, 0.717) is 16.8 Å². The summed E-state index contributed by atoms with van der Waals surface area (Å²) in [6, 6.07) is 11.4. The van der Waals surface area contributed by atoms with Gasteiger partial charge >= 0.3 is 0 Å². The van der Waals surface area contributed by atoms with E-state index in [9.17, 15) is 4.79 Å². The highest BCUT2D eigenvalue weighted by molar-refractivity contribution is 9.10. The lowest BCUT2D eigenvalue weighted by molar-refractivity contribution is -0.120. The minimum Gasteiger partial charge on any atom is -0.273 e. The maximum Gasteiger partial charge on any atom is 0.242 e. The van der Waals surface area contributed by atoms with E-state index in [1.54, 1.807) is 5.01 Å². The number of nitriles is 1. The molecule has 0 atom stereocenters. The Labute approximate surface area is 156 Å². The Bertz CT molecular complexity index is 780. The Morgan fingerprint density at radius 1 is 1.32 bits per heavy atom. The molecule has 0 saturated carbocycles. The van der Waals surface area contributed by atoms with E-state index in [2.05, 4.69) is 52.1 Å². The Balaban J connectivity index is 2.24. The number of halogens is 1. The number of benzene rings is 1. The van der Waals surface area contributed by atoms with Crippen LogP contribution in [0, 0.1) is 16.7 Å². The van der Waals surface area contributed by atoms with Gasteiger partial charge in [0.2, 0.25) is 11.7 Å². The Hall–Kier alpha value is -2.46. The van der Waals surface area contributed by atoms with Gasteiger partial charge in [0.25, 0.3) is 0 Å². The molecule has 0 aliphatic heterocycles. The van der Waals surface area contributed by atoms with Crippen LogP contribution < -0.4 is 10.4 Å². The van der Waals surface area contributed by atoms with Gasteiger partial charge in [-0.15, -0.1) is 0 Å². The first-order valence-electron chi connectivity index (χ1n) is 7.82. The lowest BCUT2D eigenvalue weighted by atomic mass is 9.97. The fourth-order valence-corrected chi connectivity index (χ4v) is 2.62. The summed E-state index contributed by atoms with van der Waals surface area (Å²) in [4.78, 5) is 20.6. The van der Waals surface area contributed by atoms with Crippen LogP contribution in [-0.2, 0) is 11.2 Å². The maximum atomic E-state index is 12.5. The molecule has 0 unspecified atom stereocenters. The first-order valence-corrected chi connectivity index (χ1v) is 8.61. The van der Waals surface area contributed by atoms with Gasteiger partial charge in [-0.05, 0) is 26.9 Å². The van der Waals surface area contributed by atoms with Crippen molar-refractivity contribution < 1.29 is 4.79 Å². The highest BCUT2D eigenvalue weighted by Crippen LogP contribution is 2.25. The van der Waals surface area contributed by atoms with Gasteiger partial charge in [0.05, 0.1) is 10.9 Å². The quantitative estimate of drug-likeness (QED) is 0.777. The molecule has 130 valence electrons. The molecular weight excluding hydrogens is 382 g/mol. The van der Waals surface area contributed by atoms with Crippen LogP contribution in [0.2, 0.25) is 0 Å². The van der Waals surface area contributed by atoms with Crippen molar-refractivity contribution in [2.45, 2.75) is 27.2 Å². The number of nitrogens with zero attached hydrogens (tertiary/aromatic N) is 4. The number of hydrogen-bond donors (Lipinski definition) is 1. The molecule has 6 nitrogen and oxygen atoms in total. The summed E-state index contributed by atoms with van der Waals surface area (Å²) in [5.41, 5.74) is 3.72. The lowest BCUT2D eigenvalue weighted by Gasteiger charge is -2.31. The van der Waals surface area contributed by atoms with E-state index in [0.717, 1.165) is 5.56 Å². The van der Waals surface area contributed by atoms with E-state index >= 15 is 0 Å². The van der Waals surface area contributed by atoms with Crippen LogP contribution in [0.15, 0.2) is 41.0 Å². The number of rotatable bonds is 5. The minimum absolute atomic E-state index is 0.0504. The van der Waals surface area contributed by atoms with Gasteiger partial charge in [-0.25, -0.2) is 4.98 Å². The van der Waals surface area contributed by atoms with Gasteiger partial charge in [-0.1, -0.05) is 51.1 Å². The molecule has 0 bridgehead atoms. The van der Waals surface area contributed by atoms with E-state index in [4.69, 9.17) is 5.26 Å². The Morgan fingerprint density at radius 2 is 2.00 bits per heavy atom. The predicted molar refractivity (Wildman–Crippen MR) is 99.5 cm³/mol. The standard InChI is InChI=1S/C18H20BrN5O/c1-18(2,3)12-24(17-14(19)11-21-15(10-20)22-17)23-16(25)9-13-7-5-4-6-8-13/h4-8,11H,9,12H2,1-3H3,(H,23,25). The number of nitrogens with one attached hydrogen (secondary N) is 1. The summed E-state index contributed by atoms with van der Waals surface area (Å²) in [5, 5.41) is 10.7. The summed E-state index contributed by atoms with van der Waals surface area (Å²) >= 11 is 3.40. The first kappa shape index (κ1) is 18.9. The third-order valence-corrected chi connectivity index (χ3v) is 3.74. The average Bonchev–Trinajstić information content (AvgIpc) is 2.54. The summed E-state index contributed by atoms with van der Waals surface area (Å²) < 4.78 is 0.607. The highest BCUT2D eigenvalue weighted by atomic mass is 79.9. The molecule has 25 heavy (non-hydrogen) atoms. The van der Waals surface area contributed by atoms with Crippen molar-refractivity contribution in [1.29, 1.82) is 5.26 Å². The van der Waals surface area contributed by atoms with Crippen LogP contribution in [0.3, 0.4) is 0 Å². The molecular formula is C18H20BrN5O. The fraction of sp³-hybridized carbons (Fsp3) is 0.333. The van der Waals surface area contributed by atoms with Gasteiger partial charge in [0.1, 0.15) is 6.07 Å². The summed E-state index contributed by atoms with van der Waals surface area (Å²) in [7, 11) is 0. The number of anilines is 1. The second kappa shape index (κ2) is 8.08. The van der Waals surface area contributed by atoms with E-state index in [-0.39, 0.29) is 23.6 Å². The summed E-state index contributed by atoms with van der Waals surface area (Å²) in [5.74, 6) is 0.358. The van der Waals surface area contributed by atoms with Crippen LogP contribution >= 0.6 is 15.9 Å². The molecule has 1 N–H and O–H groups in total. The second-order valence-corrected chi connectivity index (χ2v) is 7.68. The van der Waals surface area contributed by atoms with E-state index in [1.807, 2.05) is 36.4 Å². The molecule has 0 fully saturated rings. The smallest absolute Gasteiger partial charge is 0.242 e. The fourth-order valence-electron chi connectivity index (χ4n) is 2.21. The molecule has 0 aliphatic rings. The molecule has 1 heterocycles. The third kappa shape index (κ3) is 5.84. The zero-order valence-corrected chi connectivity index (χ0v) is 16.0. The number of aromatic nitrogens is 2. The van der Waals surface area contributed by atoms with E-state index in [1.165, 1.54) is 6.20 Å². The zero-order valence-electron chi connectivity index (χ0n) is 14.5. The predicted octanol–water partition coefficient (Wildman–Crippen LogP) is 3.24. The normalized spacial score (nSPS) is 10.8. The van der Waals surface area contributed by atoms with Gasteiger partial charge < -0.3 is 0 Å². The Kier molecular flexibility index (Phi) is 6.10. The summed E-state index contributed by atoms with van der Waals surface area (Å²) in [6.45, 7) is 6.70. The van der Waals surface area contributed by atoms with Crippen molar-refractivity contribution in [2.75, 3.05) is 11.6 Å². The van der Waals surface area contributed by atoms with Gasteiger partial charge in [0, 0.05) is 12.7 Å². The molecule has 1 aromatic carbocycles. The number of carbonyl (C=O) groups excluding carboxylic acids is 1. The molecule has 1 aromatic heterocycles. The monoisotopic (exact) mass is 401 g/mol. The molecule has 2 rings (SSSR count). The van der Waals surface area contributed by atoms with Gasteiger partial charge in [0.15, 0.2) is 5.82 Å². The average molecular weight is 402 g/mol. The number of carbonyl (C=O) groups is 1. The van der Waals surface area contributed by atoms with Crippen LogP contribution in [0.25, 0.3) is 0 Å². The largest absolute Gasteiger partial charge is 0.273 e. The van der Waals surface area contributed by atoms with Crippen molar-refractivity contribution in [3.8, 4) is 6.07 Å². The Morgan fingerprint density at radius 3 is 2.60 bits per heavy atom. The number of hydrazine groups is 1. The van der Waals surface area contributed by atoms with Crippen LogP contribution in [0.1, 0.15) is 32.2 Å². The molecule has 7 heteroatoms. The van der Waals surface area contributed by atoms with Crippen molar-refractivity contribution in [3.05, 3.63) is 52.4 Å². The molecule has 0 radical (unpaired) electrons. The van der Waals surface area contributed by atoms with Crippen molar-refractivity contribution in [3.63, 3.8) is 0 Å². The first-order chi connectivity index (χ1) is 11.8. The molecule has 0 aliphatic carbocycles. The maximum absolute atomic E-state index is 12.5. The second-order valence-electron chi connectivity index (χ2n) is 6.82. The highest BCUT2D eigenvalue weighted by Gasteiger charge is 2.22. The molecule has 2 aromatic rings. The van der Waals surface area contributed by atoms with Gasteiger partial charge in [-0.2, -0.15) is 10.2 Å². The van der Waals surface area contributed by atoms with Crippen LogP contribution in [-0.4, -0.2) is 22.4 Å². The van der Waals surface area contributed by atoms with Gasteiger partial charge in [-0.3, -0.25) is 15.2 Å². The zero-order chi connectivity index (χ0) is 18.4. The minimum atomic E-state index is -0.153. The van der Waals surface area contributed by atoms with E-state index < -0.39 is 0 Å². The molecule has 0 saturated heterocycles. The topological polar surface area (TPSA) is 81.9 Å². The van der Waals surface area contributed by atoms with Crippen molar-refractivity contribution in [1.82, 2.24) is 15.4 Å².